The minimum Gasteiger partial charge on any atom is -0.385 e. The topological polar surface area (TPSA) is 32.3 Å². The molecule has 0 saturated heterocycles. The van der Waals surface area contributed by atoms with E-state index in [4.69, 9.17) is 0 Å². The lowest BCUT2D eigenvalue weighted by atomic mass is 10.1. The standard InChI is InChI=1S/C13H20N2OS/c1-4-14-12-8-6-5-7-11(12)13(16)15(2)9-10-17-3/h5-8,14H,4,9-10H2,1-3H3. The zero-order valence-corrected chi connectivity index (χ0v) is 11.5. The fourth-order valence-electron chi connectivity index (χ4n) is 1.55. The van der Waals surface area contributed by atoms with E-state index in [9.17, 15) is 4.79 Å². The first-order valence-corrected chi connectivity index (χ1v) is 7.17. The molecule has 0 aliphatic heterocycles. The second-order valence-corrected chi connectivity index (χ2v) is 4.78. The number of hydrogen-bond donors (Lipinski definition) is 1. The van der Waals surface area contributed by atoms with Gasteiger partial charge in [0.05, 0.1) is 5.56 Å². The molecule has 0 heterocycles. The summed E-state index contributed by atoms with van der Waals surface area (Å²) < 4.78 is 0. The Morgan fingerprint density at radius 1 is 1.41 bits per heavy atom. The van der Waals surface area contributed by atoms with E-state index in [0.717, 1.165) is 30.1 Å². The van der Waals surface area contributed by atoms with Gasteiger partial charge in [-0.15, -0.1) is 0 Å². The zero-order valence-electron chi connectivity index (χ0n) is 10.7. The van der Waals surface area contributed by atoms with Crippen LogP contribution in [0.3, 0.4) is 0 Å². The van der Waals surface area contributed by atoms with Crippen molar-refractivity contribution in [1.29, 1.82) is 0 Å². The van der Waals surface area contributed by atoms with Crippen molar-refractivity contribution in [3.63, 3.8) is 0 Å². The van der Waals surface area contributed by atoms with Crippen LogP contribution in [0, 0.1) is 0 Å². The molecule has 3 nitrogen and oxygen atoms in total. The van der Waals surface area contributed by atoms with E-state index in [1.165, 1.54) is 0 Å². The highest BCUT2D eigenvalue weighted by Gasteiger charge is 2.14. The van der Waals surface area contributed by atoms with Gasteiger partial charge in [0.15, 0.2) is 0 Å². The predicted molar refractivity (Wildman–Crippen MR) is 75.9 cm³/mol. The number of nitrogens with one attached hydrogen (secondary N) is 1. The van der Waals surface area contributed by atoms with Crippen LogP contribution in [-0.4, -0.2) is 43.0 Å². The van der Waals surface area contributed by atoms with Crippen LogP contribution in [-0.2, 0) is 0 Å². The molecule has 0 aliphatic carbocycles. The molecule has 1 aromatic rings. The summed E-state index contributed by atoms with van der Waals surface area (Å²) in [5.41, 5.74) is 1.66. The Kier molecular flexibility index (Phi) is 5.91. The number of para-hydroxylation sites is 1. The molecule has 1 amide bonds. The summed E-state index contributed by atoms with van der Waals surface area (Å²) in [6.45, 7) is 3.62. The Bertz CT molecular complexity index is 368. The zero-order chi connectivity index (χ0) is 12.7. The monoisotopic (exact) mass is 252 g/mol. The molecule has 1 rings (SSSR count). The van der Waals surface area contributed by atoms with Crippen molar-refractivity contribution in [2.24, 2.45) is 0 Å². The molecule has 0 fully saturated rings. The molecule has 0 aliphatic rings. The van der Waals surface area contributed by atoms with E-state index < -0.39 is 0 Å². The van der Waals surface area contributed by atoms with Crippen molar-refractivity contribution in [2.45, 2.75) is 6.92 Å². The van der Waals surface area contributed by atoms with Crippen LogP contribution in [0.15, 0.2) is 24.3 Å². The molecule has 0 aromatic heterocycles. The molecule has 0 atom stereocenters. The molecule has 0 spiro atoms. The SMILES string of the molecule is CCNc1ccccc1C(=O)N(C)CCSC. The number of benzene rings is 1. The van der Waals surface area contributed by atoms with Gasteiger partial charge >= 0.3 is 0 Å². The summed E-state index contributed by atoms with van der Waals surface area (Å²) in [5.74, 6) is 1.04. The quantitative estimate of drug-likeness (QED) is 0.844. The maximum absolute atomic E-state index is 12.2. The second-order valence-electron chi connectivity index (χ2n) is 3.80. The van der Waals surface area contributed by atoms with Crippen molar-refractivity contribution in [1.82, 2.24) is 4.90 Å². The molecule has 17 heavy (non-hydrogen) atoms. The van der Waals surface area contributed by atoms with Gasteiger partial charge in [-0.25, -0.2) is 0 Å². The average Bonchev–Trinajstić information content (AvgIpc) is 2.36. The molecule has 1 N–H and O–H groups in total. The summed E-state index contributed by atoms with van der Waals surface area (Å²) in [4.78, 5) is 14.0. The molecule has 4 heteroatoms. The third kappa shape index (κ3) is 3.97. The number of thioether (sulfide) groups is 1. The van der Waals surface area contributed by atoms with Crippen LogP contribution in [0.25, 0.3) is 0 Å². The third-order valence-corrected chi connectivity index (χ3v) is 3.09. The number of rotatable bonds is 6. The third-order valence-electron chi connectivity index (χ3n) is 2.50. The van der Waals surface area contributed by atoms with Gasteiger partial charge in [-0.3, -0.25) is 4.79 Å². The Labute approximate surface area is 108 Å². The van der Waals surface area contributed by atoms with Crippen LogP contribution >= 0.6 is 11.8 Å². The first-order chi connectivity index (χ1) is 8.20. The maximum Gasteiger partial charge on any atom is 0.255 e. The highest BCUT2D eigenvalue weighted by molar-refractivity contribution is 7.98. The Balaban J connectivity index is 2.80. The number of hydrogen-bond acceptors (Lipinski definition) is 3. The van der Waals surface area contributed by atoms with Crippen LogP contribution in [0.1, 0.15) is 17.3 Å². The lowest BCUT2D eigenvalue weighted by Crippen LogP contribution is -2.29. The highest BCUT2D eigenvalue weighted by Crippen LogP contribution is 2.16. The van der Waals surface area contributed by atoms with E-state index in [1.54, 1.807) is 16.7 Å². The van der Waals surface area contributed by atoms with Gasteiger partial charge in [0.2, 0.25) is 0 Å². The number of anilines is 1. The molecular formula is C13H20N2OS. The largest absolute Gasteiger partial charge is 0.385 e. The molecule has 0 unspecified atom stereocenters. The minimum atomic E-state index is 0.0793. The Morgan fingerprint density at radius 3 is 2.76 bits per heavy atom. The minimum absolute atomic E-state index is 0.0793. The van der Waals surface area contributed by atoms with Gasteiger partial charge in [-0.05, 0) is 25.3 Å². The van der Waals surface area contributed by atoms with Gasteiger partial charge in [0, 0.05) is 31.6 Å². The van der Waals surface area contributed by atoms with Crippen LogP contribution in [0.2, 0.25) is 0 Å². The number of nitrogens with zero attached hydrogens (tertiary/aromatic N) is 1. The smallest absolute Gasteiger partial charge is 0.255 e. The summed E-state index contributed by atoms with van der Waals surface area (Å²) in [6, 6.07) is 7.65. The average molecular weight is 252 g/mol. The Hall–Kier alpha value is -1.16. The van der Waals surface area contributed by atoms with Gasteiger partial charge in [-0.1, -0.05) is 12.1 Å². The molecule has 1 aromatic carbocycles. The van der Waals surface area contributed by atoms with E-state index in [1.807, 2.05) is 44.5 Å². The fraction of sp³-hybridized carbons (Fsp3) is 0.462. The molecule has 94 valence electrons. The molecule has 0 radical (unpaired) electrons. The van der Waals surface area contributed by atoms with E-state index in [0.29, 0.717) is 0 Å². The summed E-state index contributed by atoms with van der Waals surface area (Å²) >= 11 is 1.75. The summed E-state index contributed by atoms with van der Waals surface area (Å²) in [5, 5.41) is 3.22. The van der Waals surface area contributed by atoms with E-state index >= 15 is 0 Å². The number of amides is 1. The van der Waals surface area contributed by atoms with Crippen molar-refractivity contribution in [3.05, 3.63) is 29.8 Å². The molecule has 0 saturated carbocycles. The van der Waals surface area contributed by atoms with Gasteiger partial charge in [0.1, 0.15) is 0 Å². The van der Waals surface area contributed by atoms with Crippen LogP contribution in [0.5, 0.6) is 0 Å². The van der Waals surface area contributed by atoms with Gasteiger partial charge in [-0.2, -0.15) is 11.8 Å². The van der Waals surface area contributed by atoms with Crippen molar-refractivity contribution in [3.8, 4) is 0 Å². The van der Waals surface area contributed by atoms with Gasteiger partial charge < -0.3 is 10.2 Å². The normalized spacial score (nSPS) is 10.1. The molecule has 0 bridgehead atoms. The number of carbonyl (C=O) groups is 1. The lowest BCUT2D eigenvalue weighted by Gasteiger charge is -2.18. The van der Waals surface area contributed by atoms with E-state index in [2.05, 4.69) is 5.32 Å². The summed E-state index contributed by atoms with van der Waals surface area (Å²) in [6.07, 6.45) is 2.05. The van der Waals surface area contributed by atoms with Gasteiger partial charge in [0.25, 0.3) is 5.91 Å². The second kappa shape index (κ2) is 7.22. The van der Waals surface area contributed by atoms with Crippen LogP contribution < -0.4 is 5.32 Å². The van der Waals surface area contributed by atoms with Crippen molar-refractivity contribution < 1.29 is 4.79 Å². The molecular weight excluding hydrogens is 232 g/mol. The Morgan fingerprint density at radius 2 is 2.12 bits per heavy atom. The fourth-order valence-corrected chi connectivity index (χ4v) is 2.01. The summed E-state index contributed by atoms with van der Waals surface area (Å²) in [7, 11) is 1.85. The van der Waals surface area contributed by atoms with Crippen LogP contribution in [0.4, 0.5) is 5.69 Å². The predicted octanol–water partition coefficient (Wildman–Crippen LogP) is 2.55. The van der Waals surface area contributed by atoms with Crippen molar-refractivity contribution in [2.75, 3.05) is 37.5 Å². The highest BCUT2D eigenvalue weighted by atomic mass is 32.2. The van der Waals surface area contributed by atoms with Crippen molar-refractivity contribution >= 4 is 23.4 Å². The van der Waals surface area contributed by atoms with E-state index in [-0.39, 0.29) is 5.91 Å². The lowest BCUT2D eigenvalue weighted by molar-refractivity contribution is 0.0804. The first kappa shape index (κ1) is 13.9. The first-order valence-electron chi connectivity index (χ1n) is 5.78. The number of carbonyl (C=O) groups excluding carboxylic acids is 1. The maximum atomic E-state index is 12.2.